The molecular weight excluding hydrogens is 316 g/mol. The number of hydrogen-bond acceptors (Lipinski definition) is 3. The van der Waals surface area contributed by atoms with E-state index in [1.165, 1.54) is 6.42 Å². The van der Waals surface area contributed by atoms with Crippen molar-refractivity contribution in [3.05, 3.63) is 17.2 Å². The first-order valence-electron chi connectivity index (χ1n) is 9.64. The predicted octanol–water partition coefficient (Wildman–Crippen LogP) is 2.48. The lowest BCUT2D eigenvalue weighted by Gasteiger charge is -2.31. The molecule has 3 rings (SSSR count). The number of carbonyl (C=O) groups excluding carboxylic acids is 2. The molecule has 6 nitrogen and oxygen atoms in total. The monoisotopic (exact) mass is 346 g/mol. The quantitative estimate of drug-likeness (QED) is 0.911. The van der Waals surface area contributed by atoms with Crippen molar-refractivity contribution in [1.82, 2.24) is 19.8 Å². The van der Waals surface area contributed by atoms with Crippen molar-refractivity contribution in [2.24, 2.45) is 11.8 Å². The summed E-state index contributed by atoms with van der Waals surface area (Å²) in [5.41, 5.74) is 1.38. The summed E-state index contributed by atoms with van der Waals surface area (Å²) in [6.07, 6.45) is 5.12. The fourth-order valence-electron chi connectivity index (χ4n) is 3.78. The lowest BCUT2D eigenvalue weighted by Crippen LogP contribution is -2.40. The van der Waals surface area contributed by atoms with Crippen LogP contribution in [0, 0.1) is 11.8 Å². The molecule has 1 aromatic rings. The van der Waals surface area contributed by atoms with Gasteiger partial charge >= 0.3 is 0 Å². The Morgan fingerprint density at radius 3 is 2.76 bits per heavy atom. The molecule has 6 heteroatoms. The van der Waals surface area contributed by atoms with E-state index in [1.54, 1.807) is 0 Å². The summed E-state index contributed by atoms with van der Waals surface area (Å²) in [6.45, 7) is 9.30. The van der Waals surface area contributed by atoms with E-state index >= 15 is 0 Å². The fraction of sp³-hybridized carbons (Fsp3) is 0.737. The molecule has 0 aromatic carbocycles. The van der Waals surface area contributed by atoms with Crippen LogP contribution >= 0.6 is 0 Å². The van der Waals surface area contributed by atoms with Crippen molar-refractivity contribution < 1.29 is 9.59 Å². The summed E-state index contributed by atoms with van der Waals surface area (Å²) < 4.78 is 2.00. The van der Waals surface area contributed by atoms with Crippen LogP contribution in [-0.2, 0) is 13.0 Å². The molecule has 138 valence electrons. The topological polar surface area (TPSA) is 67.2 Å². The molecule has 1 aromatic heterocycles. The van der Waals surface area contributed by atoms with E-state index in [2.05, 4.69) is 31.1 Å². The number of carbonyl (C=O) groups is 2. The zero-order chi connectivity index (χ0) is 18.0. The Kier molecular flexibility index (Phi) is 5.45. The SMILES string of the molecule is CC(C)CNC(=O)c1nc(C(=O)N2CCCC(C)C2)n2c1CCCC2. The molecule has 0 aliphatic carbocycles. The Morgan fingerprint density at radius 1 is 1.24 bits per heavy atom. The summed E-state index contributed by atoms with van der Waals surface area (Å²) in [5.74, 6) is 1.21. The number of likely N-dealkylation sites (tertiary alicyclic amines) is 1. The van der Waals surface area contributed by atoms with Crippen LogP contribution in [0.3, 0.4) is 0 Å². The molecule has 0 saturated carbocycles. The summed E-state index contributed by atoms with van der Waals surface area (Å²) in [5, 5.41) is 2.95. The molecule has 1 unspecified atom stereocenters. The Morgan fingerprint density at radius 2 is 2.04 bits per heavy atom. The van der Waals surface area contributed by atoms with Gasteiger partial charge in [0.1, 0.15) is 5.69 Å². The molecule has 1 atom stereocenters. The van der Waals surface area contributed by atoms with Gasteiger partial charge in [-0.25, -0.2) is 4.98 Å². The third-order valence-corrected chi connectivity index (χ3v) is 5.14. The number of aromatic nitrogens is 2. The van der Waals surface area contributed by atoms with E-state index in [1.807, 2.05) is 9.47 Å². The highest BCUT2D eigenvalue weighted by Gasteiger charge is 2.31. The first-order chi connectivity index (χ1) is 12.0. The highest BCUT2D eigenvalue weighted by atomic mass is 16.2. The Bertz CT molecular complexity index is 650. The zero-order valence-corrected chi connectivity index (χ0v) is 15.7. The molecule has 0 bridgehead atoms. The maximum absolute atomic E-state index is 13.0. The van der Waals surface area contributed by atoms with Crippen molar-refractivity contribution in [3.8, 4) is 0 Å². The molecule has 2 amide bonds. The van der Waals surface area contributed by atoms with Gasteiger partial charge in [0.2, 0.25) is 0 Å². The second-order valence-electron chi connectivity index (χ2n) is 7.94. The average molecular weight is 346 g/mol. The highest BCUT2D eigenvalue weighted by molar-refractivity contribution is 5.97. The van der Waals surface area contributed by atoms with Gasteiger partial charge in [-0.2, -0.15) is 0 Å². The summed E-state index contributed by atoms with van der Waals surface area (Å²) in [6, 6.07) is 0. The first kappa shape index (κ1) is 18.0. The van der Waals surface area contributed by atoms with E-state index in [0.29, 0.717) is 29.9 Å². The maximum Gasteiger partial charge on any atom is 0.289 e. The van der Waals surface area contributed by atoms with Crippen molar-refractivity contribution in [3.63, 3.8) is 0 Å². The van der Waals surface area contributed by atoms with Crippen molar-refractivity contribution in [2.75, 3.05) is 19.6 Å². The van der Waals surface area contributed by atoms with Gasteiger partial charge in [0.05, 0.1) is 5.69 Å². The Balaban J connectivity index is 1.86. The van der Waals surface area contributed by atoms with Crippen LogP contribution in [0.15, 0.2) is 0 Å². The third-order valence-electron chi connectivity index (χ3n) is 5.14. The van der Waals surface area contributed by atoms with E-state index in [9.17, 15) is 9.59 Å². The second-order valence-corrected chi connectivity index (χ2v) is 7.94. The van der Waals surface area contributed by atoms with E-state index < -0.39 is 0 Å². The third kappa shape index (κ3) is 3.88. The van der Waals surface area contributed by atoms with Crippen LogP contribution < -0.4 is 5.32 Å². The molecule has 1 fully saturated rings. The molecular formula is C19H30N4O2. The first-order valence-corrected chi connectivity index (χ1v) is 9.64. The minimum atomic E-state index is -0.148. The summed E-state index contributed by atoms with van der Waals surface area (Å²) in [4.78, 5) is 32.0. The number of amides is 2. The summed E-state index contributed by atoms with van der Waals surface area (Å²) >= 11 is 0. The number of nitrogens with one attached hydrogen (secondary N) is 1. The molecule has 2 aliphatic rings. The number of imidazole rings is 1. The highest BCUT2D eigenvalue weighted by Crippen LogP contribution is 2.24. The van der Waals surface area contributed by atoms with Crippen LogP contribution in [0.4, 0.5) is 0 Å². The van der Waals surface area contributed by atoms with E-state index in [0.717, 1.165) is 51.0 Å². The van der Waals surface area contributed by atoms with Gasteiger partial charge in [-0.3, -0.25) is 9.59 Å². The zero-order valence-electron chi connectivity index (χ0n) is 15.7. The minimum Gasteiger partial charge on any atom is -0.350 e. The lowest BCUT2D eigenvalue weighted by atomic mass is 10.0. The molecule has 0 spiro atoms. The average Bonchev–Trinajstić information content (AvgIpc) is 2.99. The summed E-state index contributed by atoms with van der Waals surface area (Å²) in [7, 11) is 0. The Labute approximate surface area is 150 Å². The number of fused-ring (bicyclic) bond motifs is 1. The molecule has 0 radical (unpaired) electrons. The van der Waals surface area contributed by atoms with Crippen LogP contribution in [0.1, 0.15) is 73.3 Å². The standard InChI is InChI=1S/C19H30N4O2/c1-13(2)11-20-18(24)16-15-8-4-5-10-23(15)17(21-16)19(25)22-9-6-7-14(3)12-22/h13-14H,4-12H2,1-3H3,(H,20,24). The molecule has 1 N–H and O–H groups in total. The van der Waals surface area contributed by atoms with Gasteiger partial charge in [-0.15, -0.1) is 0 Å². The normalized spacial score (nSPS) is 20.5. The number of hydrogen-bond donors (Lipinski definition) is 1. The van der Waals surface area contributed by atoms with Crippen molar-refractivity contribution >= 4 is 11.8 Å². The van der Waals surface area contributed by atoms with E-state index in [4.69, 9.17) is 0 Å². The van der Waals surface area contributed by atoms with Gasteiger partial charge in [-0.05, 0) is 43.9 Å². The van der Waals surface area contributed by atoms with Crippen molar-refractivity contribution in [1.29, 1.82) is 0 Å². The number of piperidine rings is 1. The van der Waals surface area contributed by atoms with Gasteiger partial charge in [0, 0.05) is 26.2 Å². The molecule has 25 heavy (non-hydrogen) atoms. The smallest absolute Gasteiger partial charge is 0.289 e. The van der Waals surface area contributed by atoms with E-state index in [-0.39, 0.29) is 11.8 Å². The van der Waals surface area contributed by atoms with Crippen LogP contribution in [0.5, 0.6) is 0 Å². The second kappa shape index (κ2) is 7.58. The van der Waals surface area contributed by atoms with Crippen molar-refractivity contribution in [2.45, 2.75) is 59.4 Å². The molecule has 2 aliphatic heterocycles. The number of nitrogens with zero attached hydrogens (tertiary/aromatic N) is 3. The Hall–Kier alpha value is -1.85. The minimum absolute atomic E-state index is 0.0161. The predicted molar refractivity (Wildman–Crippen MR) is 96.6 cm³/mol. The van der Waals surface area contributed by atoms with Gasteiger partial charge in [0.25, 0.3) is 11.8 Å². The van der Waals surface area contributed by atoms with Gasteiger partial charge in [-0.1, -0.05) is 20.8 Å². The molecule has 1 saturated heterocycles. The van der Waals surface area contributed by atoms with Gasteiger partial charge in [0.15, 0.2) is 5.82 Å². The maximum atomic E-state index is 13.0. The fourth-order valence-corrected chi connectivity index (χ4v) is 3.78. The van der Waals surface area contributed by atoms with Crippen LogP contribution in [-0.4, -0.2) is 45.9 Å². The number of rotatable bonds is 4. The van der Waals surface area contributed by atoms with Gasteiger partial charge < -0.3 is 14.8 Å². The van der Waals surface area contributed by atoms with Crippen LogP contribution in [0.2, 0.25) is 0 Å². The van der Waals surface area contributed by atoms with Crippen LogP contribution in [0.25, 0.3) is 0 Å². The molecule has 3 heterocycles. The largest absolute Gasteiger partial charge is 0.350 e. The lowest BCUT2D eigenvalue weighted by molar-refractivity contribution is 0.0664.